The lowest BCUT2D eigenvalue weighted by Crippen LogP contribution is -2.47. The van der Waals surface area contributed by atoms with Gasteiger partial charge in [0.1, 0.15) is 0 Å². The van der Waals surface area contributed by atoms with Gasteiger partial charge in [0.2, 0.25) is 0 Å². The Hall–Kier alpha value is -1.15. The lowest BCUT2D eigenvalue weighted by atomic mass is 10.1. The molecule has 1 aromatic rings. The molecule has 23 heavy (non-hydrogen) atoms. The molecule has 0 unspecified atom stereocenters. The van der Waals surface area contributed by atoms with E-state index in [0.717, 1.165) is 24.3 Å². The second-order valence-electron chi connectivity index (χ2n) is 6.10. The Morgan fingerprint density at radius 1 is 1.09 bits per heavy atom. The van der Waals surface area contributed by atoms with Crippen LogP contribution < -0.4 is 4.90 Å². The molecule has 0 radical (unpaired) electrons. The first-order valence-electron chi connectivity index (χ1n) is 8.21. The third-order valence-electron chi connectivity index (χ3n) is 4.52. The van der Waals surface area contributed by atoms with Crippen molar-refractivity contribution in [1.82, 2.24) is 8.61 Å². The van der Waals surface area contributed by atoms with Crippen LogP contribution in [0, 0.1) is 0 Å². The van der Waals surface area contributed by atoms with E-state index in [2.05, 4.69) is 11.0 Å². The van der Waals surface area contributed by atoms with Crippen molar-refractivity contribution in [3.63, 3.8) is 0 Å². The molecule has 0 saturated carbocycles. The lowest BCUT2D eigenvalue weighted by Gasteiger charge is -2.31. The van der Waals surface area contributed by atoms with E-state index in [1.807, 2.05) is 18.2 Å². The van der Waals surface area contributed by atoms with E-state index in [0.29, 0.717) is 32.8 Å². The minimum absolute atomic E-state index is 0.395. The SMILES string of the molecule is CN(Cc1ccccc1N1CCCC1)S(=O)(=O)N1CCOCC1. The van der Waals surface area contributed by atoms with Crippen molar-refractivity contribution in [3.8, 4) is 0 Å². The molecule has 7 heteroatoms. The monoisotopic (exact) mass is 339 g/mol. The average Bonchev–Trinajstić information content (AvgIpc) is 3.10. The average molecular weight is 339 g/mol. The summed E-state index contributed by atoms with van der Waals surface area (Å²) < 4.78 is 33.6. The van der Waals surface area contributed by atoms with Crippen LogP contribution in [0.2, 0.25) is 0 Å². The fraction of sp³-hybridized carbons (Fsp3) is 0.625. The molecule has 128 valence electrons. The summed E-state index contributed by atoms with van der Waals surface area (Å²) in [6.45, 7) is 4.30. The lowest BCUT2D eigenvalue weighted by molar-refractivity contribution is 0.0705. The van der Waals surface area contributed by atoms with E-state index < -0.39 is 10.2 Å². The van der Waals surface area contributed by atoms with Crippen LogP contribution in [-0.2, 0) is 21.5 Å². The number of para-hydroxylation sites is 1. The van der Waals surface area contributed by atoms with Gasteiger partial charge in [-0.3, -0.25) is 0 Å². The Morgan fingerprint density at radius 3 is 2.43 bits per heavy atom. The fourth-order valence-corrected chi connectivity index (χ4v) is 4.51. The summed E-state index contributed by atoms with van der Waals surface area (Å²) in [5, 5.41) is 0. The van der Waals surface area contributed by atoms with Crippen molar-refractivity contribution in [2.24, 2.45) is 0 Å². The summed E-state index contributed by atoms with van der Waals surface area (Å²) in [6, 6.07) is 8.12. The van der Waals surface area contributed by atoms with Gasteiger partial charge in [-0.05, 0) is 24.5 Å². The minimum atomic E-state index is -3.43. The van der Waals surface area contributed by atoms with E-state index in [4.69, 9.17) is 4.74 Å². The number of rotatable bonds is 5. The largest absolute Gasteiger partial charge is 0.379 e. The number of hydrogen-bond donors (Lipinski definition) is 0. The van der Waals surface area contributed by atoms with Gasteiger partial charge in [0.25, 0.3) is 10.2 Å². The van der Waals surface area contributed by atoms with Gasteiger partial charge >= 0.3 is 0 Å². The van der Waals surface area contributed by atoms with Crippen LogP contribution >= 0.6 is 0 Å². The van der Waals surface area contributed by atoms with E-state index in [-0.39, 0.29) is 0 Å². The summed E-state index contributed by atoms with van der Waals surface area (Å²) in [5.74, 6) is 0. The Labute approximate surface area is 138 Å². The number of benzene rings is 1. The second kappa shape index (κ2) is 7.17. The molecule has 0 bridgehead atoms. The summed E-state index contributed by atoms with van der Waals surface area (Å²) in [5.41, 5.74) is 2.22. The molecule has 0 spiro atoms. The molecule has 2 aliphatic rings. The first kappa shape index (κ1) is 16.7. The highest BCUT2D eigenvalue weighted by atomic mass is 32.2. The number of morpholine rings is 1. The van der Waals surface area contributed by atoms with Crippen molar-refractivity contribution >= 4 is 15.9 Å². The van der Waals surface area contributed by atoms with Gasteiger partial charge in [0, 0.05) is 45.5 Å². The van der Waals surface area contributed by atoms with Crippen LogP contribution in [0.3, 0.4) is 0 Å². The first-order chi connectivity index (χ1) is 11.1. The smallest absolute Gasteiger partial charge is 0.282 e. The van der Waals surface area contributed by atoms with E-state index in [1.165, 1.54) is 21.5 Å². The first-order valence-corrected chi connectivity index (χ1v) is 9.61. The fourth-order valence-electron chi connectivity index (χ4n) is 3.21. The second-order valence-corrected chi connectivity index (χ2v) is 8.13. The molecule has 2 heterocycles. The molecular weight excluding hydrogens is 314 g/mol. The van der Waals surface area contributed by atoms with Crippen LogP contribution in [0.5, 0.6) is 0 Å². The predicted octanol–water partition coefficient (Wildman–Crippen LogP) is 1.30. The number of hydrogen-bond acceptors (Lipinski definition) is 4. The van der Waals surface area contributed by atoms with Crippen LogP contribution in [0.4, 0.5) is 5.69 Å². The van der Waals surface area contributed by atoms with Gasteiger partial charge in [-0.1, -0.05) is 18.2 Å². The van der Waals surface area contributed by atoms with Crippen LogP contribution in [0.1, 0.15) is 18.4 Å². The Bertz CT molecular complexity index is 623. The van der Waals surface area contributed by atoms with Crippen molar-refractivity contribution < 1.29 is 13.2 Å². The Kier molecular flexibility index (Phi) is 5.21. The van der Waals surface area contributed by atoms with Crippen LogP contribution in [-0.4, -0.2) is 63.5 Å². The Balaban J connectivity index is 1.76. The molecular formula is C16H25N3O3S. The van der Waals surface area contributed by atoms with Gasteiger partial charge in [-0.15, -0.1) is 0 Å². The Morgan fingerprint density at radius 2 is 1.74 bits per heavy atom. The molecule has 2 fully saturated rings. The molecule has 6 nitrogen and oxygen atoms in total. The maximum absolute atomic E-state index is 12.7. The molecule has 0 atom stereocenters. The topological polar surface area (TPSA) is 53.1 Å². The summed E-state index contributed by atoms with van der Waals surface area (Å²) in [4.78, 5) is 2.35. The van der Waals surface area contributed by atoms with Gasteiger partial charge in [-0.25, -0.2) is 0 Å². The highest BCUT2D eigenvalue weighted by Crippen LogP contribution is 2.26. The zero-order chi connectivity index (χ0) is 16.3. The highest BCUT2D eigenvalue weighted by molar-refractivity contribution is 7.86. The molecule has 3 rings (SSSR count). The molecule has 2 saturated heterocycles. The summed E-state index contributed by atoms with van der Waals surface area (Å²) >= 11 is 0. The van der Waals surface area contributed by atoms with Crippen LogP contribution in [0.25, 0.3) is 0 Å². The molecule has 0 aromatic heterocycles. The summed E-state index contributed by atoms with van der Waals surface area (Å²) in [6.07, 6.45) is 2.41. The maximum Gasteiger partial charge on any atom is 0.282 e. The van der Waals surface area contributed by atoms with Crippen molar-refractivity contribution in [3.05, 3.63) is 29.8 Å². The van der Waals surface area contributed by atoms with E-state index in [1.54, 1.807) is 7.05 Å². The van der Waals surface area contributed by atoms with Gasteiger partial charge < -0.3 is 9.64 Å². The maximum atomic E-state index is 12.7. The molecule has 0 amide bonds. The predicted molar refractivity (Wildman–Crippen MR) is 90.7 cm³/mol. The van der Waals surface area contributed by atoms with Gasteiger partial charge in [0.05, 0.1) is 13.2 Å². The minimum Gasteiger partial charge on any atom is -0.379 e. The number of nitrogens with zero attached hydrogens (tertiary/aromatic N) is 3. The zero-order valence-corrected chi connectivity index (χ0v) is 14.5. The third-order valence-corrected chi connectivity index (χ3v) is 6.46. The van der Waals surface area contributed by atoms with Gasteiger partial charge in [0.15, 0.2) is 0 Å². The summed E-state index contributed by atoms with van der Waals surface area (Å²) in [7, 11) is -1.77. The third kappa shape index (κ3) is 3.68. The zero-order valence-electron chi connectivity index (χ0n) is 13.6. The molecule has 2 aliphatic heterocycles. The van der Waals surface area contributed by atoms with Crippen LogP contribution in [0.15, 0.2) is 24.3 Å². The number of ether oxygens (including phenoxy) is 1. The van der Waals surface area contributed by atoms with Gasteiger partial charge in [-0.2, -0.15) is 17.0 Å². The van der Waals surface area contributed by atoms with E-state index >= 15 is 0 Å². The molecule has 0 N–H and O–H groups in total. The molecule has 1 aromatic carbocycles. The quantitative estimate of drug-likeness (QED) is 0.811. The van der Waals surface area contributed by atoms with E-state index in [9.17, 15) is 8.42 Å². The normalized spacial score (nSPS) is 20.3. The van der Waals surface area contributed by atoms with Crippen molar-refractivity contribution in [1.29, 1.82) is 0 Å². The number of anilines is 1. The standard InChI is InChI=1S/C16H25N3O3S/c1-17(23(20,21)19-10-12-22-13-11-19)14-15-6-2-3-7-16(15)18-8-4-5-9-18/h2-3,6-7H,4-5,8-14H2,1H3. The van der Waals surface area contributed by atoms with Crippen molar-refractivity contribution in [2.45, 2.75) is 19.4 Å². The highest BCUT2D eigenvalue weighted by Gasteiger charge is 2.29. The molecule has 0 aliphatic carbocycles. The van der Waals surface area contributed by atoms with Crippen molar-refractivity contribution in [2.75, 3.05) is 51.3 Å².